The van der Waals surface area contributed by atoms with E-state index >= 15 is 0 Å². The van der Waals surface area contributed by atoms with Gasteiger partial charge in [0.2, 0.25) is 9.84 Å². The summed E-state index contributed by atoms with van der Waals surface area (Å²) in [4.78, 5) is 12.8. The van der Waals surface area contributed by atoms with Crippen molar-refractivity contribution in [3.63, 3.8) is 0 Å². The zero-order valence-corrected chi connectivity index (χ0v) is 16.3. The van der Waals surface area contributed by atoms with Crippen molar-refractivity contribution in [2.45, 2.75) is 18.6 Å². The molecule has 7 nitrogen and oxygen atoms in total. The van der Waals surface area contributed by atoms with Crippen molar-refractivity contribution in [2.24, 2.45) is 0 Å². The number of nitrogens with zero attached hydrogens (tertiary/aromatic N) is 4. The summed E-state index contributed by atoms with van der Waals surface area (Å²) in [5, 5.41) is -0.295. The number of anilines is 1. The molecule has 0 atom stereocenters. The van der Waals surface area contributed by atoms with Crippen molar-refractivity contribution in [2.75, 3.05) is 12.0 Å². The lowest BCUT2D eigenvalue weighted by Gasteiger charge is -2.08. The highest BCUT2D eigenvalue weighted by molar-refractivity contribution is 7.90. The van der Waals surface area contributed by atoms with Crippen LogP contribution in [0.2, 0.25) is 0 Å². The number of rotatable bonds is 4. The number of imidazole rings is 1. The zero-order chi connectivity index (χ0) is 19.9. The SMILES string of the molecule is CCn1c(-c2cccc(-c3ccccc3)c2)nc2c(N)nc(S(C)(=O)=O)nc21. The molecule has 142 valence electrons. The van der Waals surface area contributed by atoms with E-state index in [1.807, 2.05) is 66.1 Å². The molecule has 2 aromatic heterocycles. The largest absolute Gasteiger partial charge is 0.382 e. The topological polar surface area (TPSA) is 104 Å². The first-order chi connectivity index (χ1) is 13.4. The number of fused-ring (bicyclic) bond motifs is 1. The molecule has 28 heavy (non-hydrogen) atoms. The summed E-state index contributed by atoms with van der Waals surface area (Å²) in [6.45, 7) is 2.51. The third kappa shape index (κ3) is 3.11. The van der Waals surface area contributed by atoms with Gasteiger partial charge in [-0.2, -0.15) is 9.97 Å². The first kappa shape index (κ1) is 18.1. The molecule has 0 saturated heterocycles. The maximum Gasteiger partial charge on any atom is 0.250 e. The number of benzene rings is 2. The van der Waals surface area contributed by atoms with Gasteiger partial charge in [-0.1, -0.05) is 48.5 Å². The third-order valence-electron chi connectivity index (χ3n) is 4.48. The number of aryl methyl sites for hydroxylation is 1. The minimum absolute atomic E-state index is 0.0538. The Balaban J connectivity index is 1.94. The first-order valence-corrected chi connectivity index (χ1v) is 10.7. The van der Waals surface area contributed by atoms with Crippen molar-refractivity contribution in [3.8, 4) is 22.5 Å². The quantitative estimate of drug-likeness (QED) is 0.534. The van der Waals surface area contributed by atoms with Crippen LogP contribution in [0.1, 0.15) is 6.92 Å². The van der Waals surface area contributed by atoms with Crippen LogP contribution < -0.4 is 5.73 Å². The van der Waals surface area contributed by atoms with E-state index in [9.17, 15) is 8.42 Å². The number of sulfone groups is 1. The predicted molar refractivity (Wildman–Crippen MR) is 109 cm³/mol. The molecule has 2 aromatic carbocycles. The van der Waals surface area contributed by atoms with E-state index in [0.717, 1.165) is 22.9 Å². The smallest absolute Gasteiger partial charge is 0.250 e. The Hall–Kier alpha value is -3.26. The molecule has 0 aliphatic carbocycles. The average Bonchev–Trinajstić information content (AvgIpc) is 3.07. The second kappa shape index (κ2) is 6.72. The second-order valence-electron chi connectivity index (χ2n) is 6.46. The molecule has 0 spiro atoms. The number of aromatic nitrogens is 4. The van der Waals surface area contributed by atoms with Crippen molar-refractivity contribution in [1.29, 1.82) is 0 Å². The van der Waals surface area contributed by atoms with Gasteiger partial charge in [-0.25, -0.2) is 13.4 Å². The summed E-state index contributed by atoms with van der Waals surface area (Å²) in [6, 6.07) is 18.1. The van der Waals surface area contributed by atoms with Gasteiger partial charge in [-0.05, 0) is 24.1 Å². The van der Waals surface area contributed by atoms with Gasteiger partial charge >= 0.3 is 0 Å². The molecule has 0 radical (unpaired) electrons. The van der Waals surface area contributed by atoms with Crippen molar-refractivity contribution in [1.82, 2.24) is 19.5 Å². The van der Waals surface area contributed by atoms with Gasteiger partial charge in [0.05, 0.1) is 0 Å². The molecule has 0 bridgehead atoms. The van der Waals surface area contributed by atoms with Crippen molar-refractivity contribution < 1.29 is 8.42 Å². The van der Waals surface area contributed by atoms with Gasteiger partial charge in [-0.15, -0.1) is 0 Å². The van der Waals surface area contributed by atoms with Crippen LogP contribution in [-0.4, -0.2) is 34.2 Å². The molecule has 0 saturated carbocycles. The highest BCUT2D eigenvalue weighted by Gasteiger charge is 2.21. The van der Waals surface area contributed by atoms with E-state index in [4.69, 9.17) is 5.73 Å². The third-order valence-corrected chi connectivity index (χ3v) is 5.32. The molecule has 2 N–H and O–H groups in total. The van der Waals surface area contributed by atoms with Crippen LogP contribution in [0.4, 0.5) is 5.82 Å². The predicted octanol–water partition coefficient (Wildman–Crippen LogP) is 3.17. The van der Waals surface area contributed by atoms with Crippen molar-refractivity contribution in [3.05, 3.63) is 54.6 Å². The fourth-order valence-corrected chi connectivity index (χ4v) is 3.67. The summed E-state index contributed by atoms with van der Waals surface area (Å²) < 4.78 is 25.6. The first-order valence-electron chi connectivity index (χ1n) is 8.78. The molecule has 8 heteroatoms. The highest BCUT2D eigenvalue weighted by Crippen LogP contribution is 2.30. The summed E-state index contributed by atoms with van der Waals surface area (Å²) in [5.74, 6) is 0.722. The zero-order valence-electron chi connectivity index (χ0n) is 15.5. The Bertz CT molecular complexity index is 1280. The van der Waals surface area contributed by atoms with Crippen LogP contribution in [0.3, 0.4) is 0 Å². The molecule has 0 aliphatic heterocycles. The Morgan fingerprint density at radius 3 is 2.29 bits per heavy atom. The van der Waals surface area contributed by atoms with Gasteiger partial charge in [0, 0.05) is 18.4 Å². The fourth-order valence-electron chi connectivity index (χ4n) is 3.16. The summed E-state index contributed by atoms with van der Waals surface area (Å²) in [5.41, 5.74) is 9.86. The van der Waals surface area contributed by atoms with E-state index in [1.54, 1.807) is 0 Å². The van der Waals surface area contributed by atoms with Crippen LogP contribution >= 0.6 is 0 Å². The molecule has 4 aromatic rings. The number of hydrogen-bond acceptors (Lipinski definition) is 6. The molecule has 0 unspecified atom stereocenters. The van der Waals surface area contributed by atoms with Crippen LogP contribution in [0, 0.1) is 0 Å². The molecule has 4 rings (SSSR count). The summed E-state index contributed by atoms with van der Waals surface area (Å²) >= 11 is 0. The molecule has 2 heterocycles. The molecule has 0 aliphatic rings. The maximum absolute atomic E-state index is 11.9. The van der Waals surface area contributed by atoms with Crippen LogP contribution in [0.5, 0.6) is 0 Å². The van der Waals surface area contributed by atoms with Crippen LogP contribution in [0.15, 0.2) is 59.8 Å². The molecular weight excluding hydrogens is 374 g/mol. The average molecular weight is 393 g/mol. The lowest BCUT2D eigenvalue weighted by atomic mass is 10.0. The number of hydrogen-bond donors (Lipinski definition) is 1. The standard InChI is InChI=1S/C20H19N5O2S/c1-3-25-18(15-11-7-10-14(12-15)13-8-5-4-6-9-13)22-16-17(21)23-20(24-19(16)25)28(2,26)27/h4-12H,3H2,1-2H3,(H2,21,23,24). The van der Waals surface area contributed by atoms with Gasteiger partial charge in [0.25, 0.3) is 5.16 Å². The summed E-state index contributed by atoms with van der Waals surface area (Å²) in [7, 11) is -3.58. The highest BCUT2D eigenvalue weighted by atomic mass is 32.2. The number of nitrogens with two attached hydrogens (primary N) is 1. The van der Waals surface area contributed by atoms with E-state index in [0.29, 0.717) is 23.5 Å². The van der Waals surface area contributed by atoms with E-state index in [2.05, 4.69) is 15.0 Å². The minimum atomic E-state index is -3.58. The lowest BCUT2D eigenvalue weighted by Crippen LogP contribution is -2.08. The van der Waals surface area contributed by atoms with Gasteiger partial charge in [-0.3, -0.25) is 0 Å². The van der Waals surface area contributed by atoms with Gasteiger partial charge < -0.3 is 10.3 Å². The van der Waals surface area contributed by atoms with E-state index < -0.39 is 9.84 Å². The minimum Gasteiger partial charge on any atom is -0.382 e. The molecular formula is C20H19N5O2S. The maximum atomic E-state index is 11.9. The monoisotopic (exact) mass is 393 g/mol. The second-order valence-corrected chi connectivity index (χ2v) is 8.37. The lowest BCUT2D eigenvalue weighted by molar-refractivity contribution is 0.593. The van der Waals surface area contributed by atoms with E-state index in [-0.39, 0.29) is 11.0 Å². The molecule has 0 amide bonds. The summed E-state index contributed by atoms with van der Waals surface area (Å²) in [6.07, 6.45) is 1.06. The van der Waals surface area contributed by atoms with Crippen molar-refractivity contribution >= 4 is 26.8 Å². The number of nitrogen functional groups attached to an aromatic ring is 1. The van der Waals surface area contributed by atoms with Crippen LogP contribution in [0.25, 0.3) is 33.7 Å². The van der Waals surface area contributed by atoms with Crippen LogP contribution in [-0.2, 0) is 16.4 Å². The Labute approximate surface area is 162 Å². The molecule has 0 fully saturated rings. The van der Waals surface area contributed by atoms with Gasteiger partial charge in [0.15, 0.2) is 17.0 Å². The normalized spacial score (nSPS) is 11.8. The fraction of sp³-hybridized carbons (Fsp3) is 0.150. The Kier molecular flexibility index (Phi) is 4.35. The van der Waals surface area contributed by atoms with Gasteiger partial charge in [0.1, 0.15) is 5.82 Å². The Morgan fingerprint density at radius 2 is 1.61 bits per heavy atom. The van der Waals surface area contributed by atoms with E-state index in [1.165, 1.54) is 0 Å². The Morgan fingerprint density at radius 1 is 0.929 bits per heavy atom.